The molecule has 124 valence electrons. The van der Waals surface area contributed by atoms with Gasteiger partial charge in [-0.25, -0.2) is 13.1 Å². The van der Waals surface area contributed by atoms with Crippen LogP contribution in [-0.2, 0) is 10.0 Å². The second kappa shape index (κ2) is 7.70. The van der Waals surface area contributed by atoms with Crippen LogP contribution in [0.25, 0.3) is 11.1 Å². The Hall–Kier alpha value is -1.72. The number of hydrogen-bond acceptors (Lipinski definition) is 3. The Balaban J connectivity index is 2.27. The summed E-state index contributed by atoms with van der Waals surface area (Å²) in [5.41, 5.74) is 3.05. The highest BCUT2D eigenvalue weighted by Crippen LogP contribution is 2.28. The van der Waals surface area contributed by atoms with Crippen LogP contribution in [0.15, 0.2) is 47.5 Å². The number of unbranched alkanes of at least 4 members (excludes halogenated alkanes) is 1. The molecule has 0 bridgehead atoms. The molecule has 1 N–H and O–H groups in total. The van der Waals surface area contributed by atoms with Gasteiger partial charge in [-0.15, -0.1) is 0 Å². The van der Waals surface area contributed by atoms with Crippen LogP contribution in [0.1, 0.15) is 45.2 Å². The first-order valence-electron chi connectivity index (χ1n) is 8.00. The molecule has 0 radical (unpaired) electrons. The summed E-state index contributed by atoms with van der Waals surface area (Å²) in [6, 6.07) is 10.9. The van der Waals surface area contributed by atoms with E-state index in [1.165, 1.54) is 0 Å². The fourth-order valence-electron chi connectivity index (χ4n) is 2.40. The number of sulfonamides is 1. The third kappa shape index (κ3) is 4.39. The van der Waals surface area contributed by atoms with Crippen molar-refractivity contribution in [3.05, 3.63) is 48.3 Å². The topological polar surface area (TPSA) is 59.1 Å². The molecule has 0 saturated heterocycles. The monoisotopic (exact) mass is 332 g/mol. The van der Waals surface area contributed by atoms with Crippen LogP contribution < -0.4 is 4.72 Å². The van der Waals surface area contributed by atoms with Gasteiger partial charge < -0.3 is 0 Å². The standard InChI is InChI=1S/C18H24N2O2S/c1-4-5-13-20-23(21,22)16-10-8-15(9-11-16)17-7-6-12-19-18(17)14(2)3/h6-12,14,20H,4-5,13H2,1-3H3. The SMILES string of the molecule is CCCCNS(=O)(=O)c1ccc(-c2cccnc2C(C)C)cc1. The molecule has 2 rings (SSSR count). The fourth-order valence-corrected chi connectivity index (χ4v) is 3.48. The fraction of sp³-hybridized carbons (Fsp3) is 0.389. The first kappa shape index (κ1) is 17.6. The highest BCUT2D eigenvalue weighted by Gasteiger charge is 2.14. The van der Waals surface area contributed by atoms with E-state index >= 15 is 0 Å². The highest BCUT2D eigenvalue weighted by atomic mass is 32.2. The quantitative estimate of drug-likeness (QED) is 0.781. The normalized spacial score (nSPS) is 11.8. The molecule has 0 spiro atoms. The van der Waals surface area contributed by atoms with Crippen molar-refractivity contribution in [2.75, 3.05) is 6.54 Å². The second-order valence-electron chi connectivity index (χ2n) is 5.87. The maximum absolute atomic E-state index is 12.2. The van der Waals surface area contributed by atoms with Crippen LogP contribution >= 0.6 is 0 Å². The summed E-state index contributed by atoms with van der Waals surface area (Å²) in [6.45, 7) is 6.70. The van der Waals surface area contributed by atoms with Crippen LogP contribution in [0, 0.1) is 0 Å². The van der Waals surface area contributed by atoms with Gasteiger partial charge in [0.1, 0.15) is 0 Å². The van der Waals surface area contributed by atoms with Crippen molar-refractivity contribution in [3.8, 4) is 11.1 Å². The minimum atomic E-state index is -3.42. The molecule has 0 unspecified atom stereocenters. The van der Waals surface area contributed by atoms with Crippen LogP contribution in [0.5, 0.6) is 0 Å². The molecule has 5 heteroatoms. The van der Waals surface area contributed by atoms with E-state index in [0.29, 0.717) is 17.4 Å². The Morgan fingerprint density at radius 2 is 1.83 bits per heavy atom. The molecule has 0 amide bonds. The Morgan fingerprint density at radius 1 is 1.13 bits per heavy atom. The number of hydrogen-bond donors (Lipinski definition) is 1. The van der Waals surface area contributed by atoms with Gasteiger partial charge in [-0.3, -0.25) is 4.98 Å². The average molecular weight is 332 g/mol. The summed E-state index contributed by atoms with van der Waals surface area (Å²) >= 11 is 0. The number of nitrogens with one attached hydrogen (secondary N) is 1. The lowest BCUT2D eigenvalue weighted by atomic mass is 9.98. The molecule has 0 fully saturated rings. The Bertz CT molecular complexity index is 738. The Labute approximate surface area is 139 Å². The van der Waals surface area contributed by atoms with Gasteiger partial charge in [0.05, 0.1) is 10.6 Å². The van der Waals surface area contributed by atoms with Gasteiger partial charge in [0.15, 0.2) is 0 Å². The number of rotatable bonds is 7. The molecule has 0 aliphatic heterocycles. The summed E-state index contributed by atoms with van der Waals surface area (Å²) in [7, 11) is -3.42. The number of nitrogens with zero attached hydrogens (tertiary/aromatic N) is 1. The summed E-state index contributed by atoms with van der Waals surface area (Å²) in [4.78, 5) is 4.74. The zero-order valence-electron chi connectivity index (χ0n) is 13.9. The predicted octanol–water partition coefficient (Wildman–Crippen LogP) is 3.95. The van der Waals surface area contributed by atoms with Crippen molar-refractivity contribution in [2.24, 2.45) is 0 Å². The van der Waals surface area contributed by atoms with E-state index < -0.39 is 10.0 Å². The molecule has 0 atom stereocenters. The minimum Gasteiger partial charge on any atom is -0.260 e. The van der Waals surface area contributed by atoms with Crippen molar-refractivity contribution in [1.29, 1.82) is 0 Å². The van der Waals surface area contributed by atoms with Gasteiger partial charge in [0, 0.05) is 18.3 Å². The summed E-state index contributed by atoms with van der Waals surface area (Å²) in [5.74, 6) is 0.310. The molecular weight excluding hydrogens is 308 g/mol. The maximum Gasteiger partial charge on any atom is 0.240 e. The summed E-state index contributed by atoms with van der Waals surface area (Å²) in [5, 5.41) is 0. The summed E-state index contributed by atoms with van der Waals surface area (Å²) in [6.07, 6.45) is 3.58. The smallest absolute Gasteiger partial charge is 0.240 e. The van der Waals surface area contributed by atoms with Crippen LogP contribution in [0.3, 0.4) is 0 Å². The van der Waals surface area contributed by atoms with E-state index in [-0.39, 0.29) is 0 Å². The molecule has 0 aliphatic rings. The lowest BCUT2D eigenvalue weighted by molar-refractivity contribution is 0.578. The third-order valence-electron chi connectivity index (χ3n) is 3.68. The van der Waals surface area contributed by atoms with E-state index in [0.717, 1.165) is 29.7 Å². The van der Waals surface area contributed by atoms with Gasteiger partial charge in [0.25, 0.3) is 0 Å². The molecule has 0 saturated carbocycles. The van der Waals surface area contributed by atoms with E-state index in [4.69, 9.17) is 0 Å². The average Bonchev–Trinajstić information content (AvgIpc) is 2.55. The van der Waals surface area contributed by atoms with E-state index in [1.54, 1.807) is 18.3 Å². The highest BCUT2D eigenvalue weighted by molar-refractivity contribution is 7.89. The van der Waals surface area contributed by atoms with Crippen LogP contribution in [0.4, 0.5) is 0 Å². The zero-order valence-corrected chi connectivity index (χ0v) is 14.7. The number of benzene rings is 1. The molecule has 0 aliphatic carbocycles. The lowest BCUT2D eigenvalue weighted by Gasteiger charge is -2.12. The maximum atomic E-state index is 12.2. The second-order valence-corrected chi connectivity index (χ2v) is 7.63. The van der Waals surface area contributed by atoms with Gasteiger partial charge in [-0.05, 0) is 36.1 Å². The first-order valence-corrected chi connectivity index (χ1v) is 9.49. The van der Waals surface area contributed by atoms with Gasteiger partial charge in [-0.1, -0.05) is 45.4 Å². The van der Waals surface area contributed by atoms with Gasteiger partial charge >= 0.3 is 0 Å². The third-order valence-corrected chi connectivity index (χ3v) is 5.16. The van der Waals surface area contributed by atoms with Crippen molar-refractivity contribution >= 4 is 10.0 Å². The van der Waals surface area contributed by atoms with Crippen molar-refractivity contribution in [1.82, 2.24) is 9.71 Å². The lowest BCUT2D eigenvalue weighted by Crippen LogP contribution is -2.24. The first-order chi connectivity index (χ1) is 11.0. The minimum absolute atomic E-state index is 0.298. The molecular formula is C18H24N2O2S. The molecule has 1 aromatic carbocycles. The summed E-state index contributed by atoms with van der Waals surface area (Å²) < 4.78 is 27.0. The van der Waals surface area contributed by atoms with Gasteiger partial charge in [0.2, 0.25) is 10.0 Å². The Morgan fingerprint density at radius 3 is 2.43 bits per heavy atom. The zero-order chi connectivity index (χ0) is 16.9. The van der Waals surface area contributed by atoms with Crippen molar-refractivity contribution in [2.45, 2.75) is 44.4 Å². The van der Waals surface area contributed by atoms with Crippen molar-refractivity contribution < 1.29 is 8.42 Å². The number of pyridine rings is 1. The van der Waals surface area contributed by atoms with E-state index in [9.17, 15) is 8.42 Å². The molecule has 2 aromatic rings. The largest absolute Gasteiger partial charge is 0.260 e. The van der Waals surface area contributed by atoms with E-state index in [2.05, 4.69) is 23.6 Å². The van der Waals surface area contributed by atoms with Crippen molar-refractivity contribution in [3.63, 3.8) is 0 Å². The van der Waals surface area contributed by atoms with Crippen LogP contribution in [0.2, 0.25) is 0 Å². The number of aromatic nitrogens is 1. The Kier molecular flexibility index (Phi) is 5.91. The molecule has 1 aromatic heterocycles. The molecule has 4 nitrogen and oxygen atoms in total. The molecule has 23 heavy (non-hydrogen) atoms. The molecule has 1 heterocycles. The van der Waals surface area contributed by atoms with E-state index in [1.807, 2.05) is 31.2 Å². The predicted molar refractivity (Wildman–Crippen MR) is 93.9 cm³/mol. The van der Waals surface area contributed by atoms with Crippen LogP contribution in [-0.4, -0.2) is 19.9 Å². The van der Waals surface area contributed by atoms with Gasteiger partial charge in [-0.2, -0.15) is 0 Å².